The largest absolute Gasteiger partial charge is 0.322 e. The number of anilines is 1. The van der Waals surface area contributed by atoms with Crippen LogP contribution in [0.4, 0.5) is 10.5 Å². The molecule has 2 amide bonds. The molecule has 0 radical (unpaired) electrons. The van der Waals surface area contributed by atoms with Crippen molar-refractivity contribution < 1.29 is 4.79 Å². The van der Waals surface area contributed by atoms with Crippen LogP contribution in [0.5, 0.6) is 0 Å². The molecular weight excluding hydrogens is 288 g/mol. The van der Waals surface area contributed by atoms with Gasteiger partial charge in [-0.15, -0.1) is 0 Å². The van der Waals surface area contributed by atoms with Crippen LogP contribution in [0.2, 0.25) is 0 Å². The fourth-order valence-electron chi connectivity index (χ4n) is 2.30. The van der Waals surface area contributed by atoms with Crippen molar-refractivity contribution in [1.82, 2.24) is 14.8 Å². The summed E-state index contributed by atoms with van der Waals surface area (Å²) in [5.41, 5.74) is 1.82. The number of carbonyl (C=O) groups excluding carboxylic acids is 1. The van der Waals surface area contributed by atoms with Gasteiger partial charge in [0.1, 0.15) is 0 Å². The van der Waals surface area contributed by atoms with Crippen molar-refractivity contribution in [2.24, 2.45) is 0 Å². The molecule has 0 aliphatic heterocycles. The summed E-state index contributed by atoms with van der Waals surface area (Å²) in [6, 6.07) is 13.3. The molecular formula is C18H24N4O. The number of hydrogen-bond donors (Lipinski definition) is 1. The third kappa shape index (κ3) is 5.07. The topological polar surface area (TPSA) is 48.5 Å². The average Bonchev–Trinajstić information content (AvgIpc) is 2.56. The second kappa shape index (κ2) is 8.29. The van der Waals surface area contributed by atoms with Gasteiger partial charge in [-0.05, 0) is 44.8 Å². The number of benzene rings is 1. The summed E-state index contributed by atoms with van der Waals surface area (Å²) in [6.07, 6.45) is 3.55. The monoisotopic (exact) mass is 312 g/mol. The maximum atomic E-state index is 12.7. The van der Waals surface area contributed by atoms with Crippen LogP contribution < -0.4 is 5.32 Å². The Morgan fingerprint density at radius 2 is 1.87 bits per heavy atom. The Bertz CT molecular complexity index is 601. The molecule has 23 heavy (non-hydrogen) atoms. The lowest BCUT2D eigenvalue weighted by Gasteiger charge is -2.30. The van der Waals surface area contributed by atoms with Gasteiger partial charge in [0.15, 0.2) is 0 Å². The lowest BCUT2D eigenvalue weighted by molar-refractivity contribution is 0.185. The van der Waals surface area contributed by atoms with E-state index < -0.39 is 0 Å². The number of nitrogens with one attached hydrogen (secondary N) is 1. The number of aromatic nitrogens is 1. The first-order valence-electron chi connectivity index (χ1n) is 7.75. The third-order valence-electron chi connectivity index (χ3n) is 3.71. The second-order valence-electron chi connectivity index (χ2n) is 5.76. The van der Waals surface area contributed by atoms with Gasteiger partial charge in [0, 0.05) is 31.2 Å². The van der Waals surface area contributed by atoms with E-state index in [1.165, 1.54) is 0 Å². The van der Waals surface area contributed by atoms with E-state index in [1.807, 2.05) is 74.6 Å². The molecule has 0 aliphatic rings. The Hall–Kier alpha value is -2.40. The Balaban J connectivity index is 2.14. The molecule has 0 bridgehead atoms. The summed E-state index contributed by atoms with van der Waals surface area (Å²) in [6.45, 7) is 3.46. The first-order valence-corrected chi connectivity index (χ1v) is 7.75. The molecule has 0 aliphatic carbocycles. The predicted octanol–water partition coefficient (Wildman–Crippen LogP) is 3.24. The van der Waals surface area contributed by atoms with Crippen LogP contribution in [0.15, 0.2) is 54.9 Å². The van der Waals surface area contributed by atoms with Gasteiger partial charge < -0.3 is 15.1 Å². The molecule has 0 saturated heterocycles. The number of rotatable bonds is 6. The van der Waals surface area contributed by atoms with Crippen molar-refractivity contribution in [2.75, 3.05) is 32.5 Å². The molecule has 0 spiro atoms. The van der Waals surface area contributed by atoms with Crippen molar-refractivity contribution in [1.29, 1.82) is 0 Å². The maximum absolute atomic E-state index is 12.7. The van der Waals surface area contributed by atoms with Crippen molar-refractivity contribution in [3.8, 4) is 0 Å². The van der Waals surface area contributed by atoms with Crippen LogP contribution in [-0.2, 0) is 0 Å². The van der Waals surface area contributed by atoms with Crippen molar-refractivity contribution in [3.05, 3.63) is 60.4 Å². The molecule has 2 rings (SSSR count). The van der Waals surface area contributed by atoms with Gasteiger partial charge in [-0.3, -0.25) is 4.98 Å². The third-order valence-corrected chi connectivity index (χ3v) is 3.71. The first kappa shape index (κ1) is 17.0. The predicted molar refractivity (Wildman–Crippen MR) is 93.4 cm³/mol. The molecule has 1 atom stereocenters. The fraction of sp³-hybridized carbons (Fsp3) is 0.333. The van der Waals surface area contributed by atoms with E-state index in [9.17, 15) is 4.79 Å². The highest BCUT2D eigenvalue weighted by atomic mass is 16.2. The van der Waals surface area contributed by atoms with Gasteiger partial charge in [-0.2, -0.15) is 0 Å². The summed E-state index contributed by atoms with van der Waals surface area (Å²) >= 11 is 0. The van der Waals surface area contributed by atoms with Gasteiger partial charge in [-0.1, -0.05) is 24.3 Å². The Morgan fingerprint density at radius 1 is 1.13 bits per heavy atom. The van der Waals surface area contributed by atoms with Crippen LogP contribution in [0.1, 0.15) is 18.5 Å². The number of urea groups is 1. The molecule has 2 aromatic rings. The van der Waals surface area contributed by atoms with E-state index in [1.54, 1.807) is 6.20 Å². The first-order chi connectivity index (χ1) is 11.1. The highest BCUT2D eigenvalue weighted by molar-refractivity contribution is 5.89. The average molecular weight is 312 g/mol. The smallest absolute Gasteiger partial charge is 0.316 e. The Labute approximate surface area is 137 Å². The van der Waals surface area contributed by atoms with Crippen molar-refractivity contribution >= 4 is 11.7 Å². The molecule has 1 aromatic carbocycles. The summed E-state index contributed by atoms with van der Waals surface area (Å²) in [5, 5.41) is 2.96. The van der Waals surface area contributed by atoms with Crippen molar-refractivity contribution in [3.63, 3.8) is 0 Å². The minimum Gasteiger partial charge on any atom is -0.316 e. The van der Waals surface area contributed by atoms with E-state index >= 15 is 0 Å². The molecule has 0 saturated carbocycles. The Kier molecular flexibility index (Phi) is 6.11. The molecule has 1 heterocycles. The number of amides is 2. The van der Waals surface area contributed by atoms with Gasteiger partial charge in [0.25, 0.3) is 0 Å². The minimum atomic E-state index is -0.102. The quantitative estimate of drug-likeness (QED) is 0.891. The molecule has 1 unspecified atom stereocenters. The SMILES string of the molecule is CC(c1cccnc1)N(CCN(C)C)C(=O)Nc1ccccc1. The number of hydrogen-bond acceptors (Lipinski definition) is 3. The number of para-hydroxylation sites is 1. The standard InChI is InChI=1S/C18H24N4O/c1-15(16-8-7-11-19-14-16)22(13-12-21(2)3)18(23)20-17-9-5-4-6-10-17/h4-11,14-15H,12-13H2,1-3H3,(H,20,23). The summed E-state index contributed by atoms with van der Waals surface area (Å²) in [4.78, 5) is 20.8. The summed E-state index contributed by atoms with van der Waals surface area (Å²) in [5.74, 6) is 0. The van der Waals surface area contributed by atoms with E-state index in [-0.39, 0.29) is 12.1 Å². The molecule has 0 fully saturated rings. The van der Waals surface area contributed by atoms with Crippen LogP contribution in [0.3, 0.4) is 0 Å². The van der Waals surface area contributed by atoms with Crippen LogP contribution in [0.25, 0.3) is 0 Å². The van der Waals surface area contributed by atoms with Crippen LogP contribution >= 0.6 is 0 Å². The number of pyridine rings is 1. The van der Waals surface area contributed by atoms with Crippen molar-refractivity contribution in [2.45, 2.75) is 13.0 Å². The lowest BCUT2D eigenvalue weighted by Crippen LogP contribution is -2.41. The number of nitrogens with zero attached hydrogens (tertiary/aromatic N) is 3. The van der Waals surface area contributed by atoms with E-state index in [4.69, 9.17) is 0 Å². The summed E-state index contributed by atoms with van der Waals surface area (Å²) < 4.78 is 0. The van der Waals surface area contributed by atoms with Gasteiger partial charge in [-0.25, -0.2) is 4.79 Å². The highest BCUT2D eigenvalue weighted by Gasteiger charge is 2.21. The normalized spacial score (nSPS) is 12.0. The van der Waals surface area contributed by atoms with Gasteiger partial charge >= 0.3 is 6.03 Å². The van der Waals surface area contributed by atoms with Crippen LogP contribution in [0, 0.1) is 0 Å². The number of likely N-dealkylation sites (N-methyl/N-ethyl adjacent to an activating group) is 1. The van der Waals surface area contributed by atoms with E-state index in [2.05, 4.69) is 15.2 Å². The molecule has 1 N–H and O–H groups in total. The summed E-state index contributed by atoms with van der Waals surface area (Å²) in [7, 11) is 4.00. The minimum absolute atomic E-state index is 0.0487. The molecule has 5 heteroatoms. The fourth-order valence-corrected chi connectivity index (χ4v) is 2.30. The highest BCUT2D eigenvalue weighted by Crippen LogP contribution is 2.20. The second-order valence-corrected chi connectivity index (χ2v) is 5.76. The van der Waals surface area contributed by atoms with Crippen LogP contribution in [-0.4, -0.2) is 48.0 Å². The molecule has 5 nitrogen and oxygen atoms in total. The van der Waals surface area contributed by atoms with Gasteiger partial charge in [0.2, 0.25) is 0 Å². The zero-order chi connectivity index (χ0) is 16.7. The lowest BCUT2D eigenvalue weighted by atomic mass is 10.1. The maximum Gasteiger partial charge on any atom is 0.322 e. The molecule has 1 aromatic heterocycles. The van der Waals surface area contributed by atoms with E-state index in [0.29, 0.717) is 6.54 Å². The zero-order valence-electron chi connectivity index (χ0n) is 13.9. The van der Waals surface area contributed by atoms with E-state index in [0.717, 1.165) is 17.8 Å². The zero-order valence-corrected chi connectivity index (χ0v) is 13.9. The Morgan fingerprint density at radius 3 is 2.48 bits per heavy atom. The van der Waals surface area contributed by atoms with Gasteiger partial charge in [0.05, 0.1) is 6.04 Å². The number of carbonyl (C=O) groups is 1. The molecule has 122 valence electrons.